The monoisotopic (exact) mass is 116 g/mol. The highest BCUT2D eigenvalue weighted by Crippen LogP contribution is 1.91. The molecule has 0 radical (unpaired) electrons. The van der Waals surface area contributed by atoms with Crippen LogP contribution >= 0.6 is 0 Å². The van der Waals surface area contributed by atoms with Gasteiger partial charge in [-0.15, -0.1) is 0 Å². The van der Waals surface area contributed by atoms with Crippen LogP contribution in [-0.2, 0) is 4.74 Å². The second kappa shape index (κ2) is 3.47. The predicted molar refractivity (Wildman–Crippen MR) is 33.4 cm³/mol. The predicted octanol–water partition coefficient (Wildman–Crippen LogP) is -0.164. The van der Waals surface area contributed by atoms with Gasteiger partial charge < -0.3 is 4.74 Å². The molecule has 0 amide bonds. The fraction of sp³-hybridized carbons (Fsp3) is 0.833. The molecule has 0 saturated heterocycles. The molecule has 0 heterocycles. The van der Waals surface area contributed by atoms with Crippen LogP contribution < -0.4 is 5.41 Å². The maximum atomic E-state index is 5.42. The van der Waals surface area contributed by atoms with E-state index in [0.717, 1.165) is 0 Å². The summed E-state index contributed by atoms with van der Waals surface area (Å²) in [6.07, 6.45) is 0. The molecule has 2 heteroatoms. The fourth-order valence-corrected chi connectivity index (χ4v) is 0.333. The van der Waals surface area contributed by atoms with Crippen LogP contribution in [0.5, 0.6) is 0 Å². The van der Waals surface area contributed by atoms with Crippen LogP contribution in [0.4, 0.5) is 0 Å². The highest BCUT2D eigenvalue weighted by atomic mass is 16.5. The lowest BCUT2D eigenvalue weighted by molar-refractivity contribution is -0.146. The van der Waals surface area contributed by atoms with Crippen molar-refractivity contribution in [3.05, 3.63) is 0 Å². The Hall–Kier alpha value is -0.530. The minimum absolute atomic E-state index is 0.343. The summed E-state index contributed by atoms with van der Waals surface area (Å²) in [6, 6.07) is 0. The van der Waals surface area contributed by atoms with Crippen LogP contribution in [0, 0.1) is 5.92 Å². The summed E-state index contributed by atoms with van der Waals surface area (Å²) in [4.78, 5) is 0. The van der Waals surface area contributed by atoms with E-state index in [1.165, 1.54) is 0 Å². The molecule has 0 fully saturated rings. The van der Waals surface area contributed by atoms with Gasteiger partial charge in [-0.1, -0.05) is 0 Å². The molecule has 48 valence electrons. The zero-order valence-corrected chi connectivity index (χ0v) is 5.77. The van der Waals surface area contributed by atoms with E-state index < -0.39 is 0 Å². The quantitative estimate of drug-likeness (QED) is 0.395. The summed E-state index contributed by atoms with van der Waals surface area (Å²) in [5, 5.41) is 5.42. The van der Waals surface area contributed by atoms with E-state index in [0.29, 0.717) is 18.4 Å². The molecule has 0 atom stereocenters. The van der Waals surface area contributed by atoms with Gasteiger partial charge in [0.2, 0.25) is 0 Å². The van der Waals surface area contributed by atoms with Crippen molar-refractivity contribution >= 4 is 5.90 Å². The van der Waals surface area contributed by atoms with Gasteiger partial charge in [0.25, 0.3) is 0 Å². The van der Waals surface area contributed by atoms with Crippen molar-refractivity contribution in [2.45, 2.75) is 20.8 Å². The Morgan fingerprint density at radius 2 is 2.12 bits per heavy atom. The lowest BCUT2D eigenvalue weighted by atomic mass is 10.2. The second-order valence-electron chi connectivity index (χ2n) is 1.99. The zero-order chi connectivity index (χ0) is 6.57. The molecule has 8 heavy (non-hydrogen) atoms. The smallest absolute Gasteiger partial charge is 0.335 e. The Kier molecular flexibility index (Phi) is 3.24. The van der Waals surface area contributed by atoms with E-state index in [9.17, 15) is 0 Å². The van der Waals surface area contributed by atoms with Gasteiger partial charge in [-0.25, -0.2) is 5.41 Å². The molecular formula is C6H14NO+. The average molecular weight is 116 g/mol. The molecule has 0 aliphatic carbocycles. The van der Waals surface area contributed by atoms with Crippen molar-refractivity contribution in [2.75, 3.05) is 6.61 Å². The molecule has 0 unspecified atom stereocenters. The average Bonchev–Trinajstić information content (AvgIpc) is 1.67. The summed E-state index contributed by atoms with van der Waals surface area (Å²) < 4.78 is 5.00. The van der Waals surface area contributed by atoms with Gasteiger partial charge in [0.1, 0.15) is 0 Å². The van der Waals surface area contributed by atoms with Crippen molar-refractivity contribution in [1.82, 2.24) is 0 Å². The molecule has 0 aromatic carbocycles. The van der Waals surface area contributed by atoms with Crippen molar-refractivity contribution in [1.29, 1.82) is 0 Å². The topological polar surface area (TPSA) is 34.8 Å². The highest BCUT2D eigenvalue weighted by Gasteiger charge is 2.06. The van der Waals surface area contributed by atoms with Crippen LogP contribution in [0.3, 0.4) is 0 Å². The van der Waals surface area contributed by atoms with Gasteiger partial charge in [-0.3, -0.25) is 0 Å². The first kappa shape index (κ1) is 7.47. The number of ether oxygens (including phenoxy) is 1. The first-order valence-electron chi connectivity index (χ1n) is 2.93. The standard InChI is InChI=1S/C6H13NO/c1-4-8-6(7)5(2)3/h5,7H,4H2,1-3H3/p+1. The van der Waals surface area contributed by atoms with Crippen LogP contribution in [0.1, 0.15) is 20.8 Å². The molecule has 0 aromatic heterocycles. The summed E-state index contributed by atoms with van der Waals surface area (Å²) in [6.45, 7) is 6.61. The number of hydrogen-bond acceptors (Lipinski definition) is 1. The summed E-state index contributed by atoms with van der Waals surface area (Å²) in [5.74, 6) is 0.974. The van der Waals surface area contributed by atoms with Crippen LogP contribution in [0.25, 0.3) is 0 Å². The summed E-state index contributed by atoms with van der Waals surface area (Å²) in [5.41, 5.74) is 0. The number of rotatable bonds is 2. The van der Waals surface area contributed by atoms with E-state index in [1.54, 1.807) is 0 Å². The molecule has 0 saturated carbocycles. The molecule has 0 rings (SSSR count). The Labute approximate surface area is 50.4 Å². The van der Waals surface area contributed by atoms with E-state index in [-0.39, 0.29) is 0 Å². The van der Waals surface area contributed by atoms with Gasteiger partial charge in [-0.2, -0.15) is 0 Å². The van der Waals surface area contributed by atoms with Gasteiger partial charge in [0, 0.05) is 0 Å². The Morgan fingerprint density at radius 3 is 2.25 bits per heavy atom. The zero-order valence-electron chi connectivity index (χ0n) is 5.77. The Morgan fingerprint density at radius 1 is 1.62 bits per heavy atom. The molecule has 2 N–H and O–H groups in total. The normalized spacial score (nSPS) is 9.50. The third kappa shape index (κ3) is 2.61. The number of hydrogen-bond donors (Lipinski definition) is 1. The molecule has 0 aromatic rings. The van der Waals surface area contributed by atoms with Crippen molar-refractivity contribution < 1.29 is 10.1 Å². The van der Waals surface area contributed by atoms with Crippen LogP contribution in [-0.4, -0.2) is 12.5 Å². The largest absolute Gasteiger partial charge is 0.448 e. The van der Waals surface area contributed by atoms with E-state index in [1.807, 2.05) is 20.8 Å². The van der Waals surface area contributed by atoms with E-state index >= 15 is 0 Å². The van der Waals surface area contributed by atoms with Gasteiger partial charge >= 0.3 is 5.90 Å². The second-order valence-corrected chi connectivity index (χ2v) is 1.99. The van der Waals surface area contributed by atoms with E-state index in [2.05, 4.69) is 0 Å². The first-order chi connectivity index (χ1) is 3.68. The van der Waals surface area contributed by atoms with Gasteiger partial charge in [0.05, 0.1) is 12.5 Å². The van der Waals surface area contributed by atoms with Gasteiger partial charge in [0.15, 0.2) is 0 Å². The maximum absolute atomic E-state index is 5.42. The SMILES string of the molecule is CCOC(=[NH2+])C(C)C. The Balaban J connectivity index is 3.33. The highest BCUT2D eigenvalue weighted by molar-refractivity contribution is 5.71. The van der Waals surface area contributed by atoms with E-state index in [4.69, 9.17) is 10.1 Å². The molecule has 0 aliphatic rings. The number of nitrogens with two attached hydrogens (primary N) is 1. The minimum atomic E-state index is 0.343. The summed E-state index contributed by atoms with van der Waals surface area (Å²) >= 11 is 0. The van der Waals surface area contributed by atoms with Crippen molar-refractivity contribution in [3.63, 3.8) is 0 Å². The molecule has 0 bridgehead atoms. The third-order valence-electron chi connectivity index (χ3n) is 0.880. The summed E-state index contributed by atoms with van der Waals surface area (Å²) in [7, 11) is 0. The molecule has 2 nitrogen and oxygen atoms in total. The van der Waals surface area contributed by atoms with Crippen LogP contribution in [0.15, 0.2) is 0 Å². The lowest BCUT2D eigenvalue weighted by Crippen LogP contribution is -2.44. The Bertz CT molecular complexity index is 78.6. The third-order valence-corrected chi connectivity index (χ3v) is 0.880. The minimum Gasteiger partial charge on any atom is -0.448 e. The first-order valence-corrected chi connectivity index (χ1v) is 2.93. The maximum Gasteiger partial charge on any atom is 0.335 e. The van der Waals surface area contributed by atoms with Crippen LogP contribution in [0.2, 0.25) is 0 Å². The fourth-order valence-electron chi connectivity index (χ4n) is 0.333. The molecular weight excluding hydrogens is 102 g/mol. The molecule has 0 spiro atoms. The van der Waals surface area contributed by atoms with Gasteiger partial charge in [-0.05, 0) is 20.8 Å². The van der Waals surface area contributed by atoms with Crippen molar-refractivity contribution in [2.24, 2.45) is 5.92 Å². The molecule has 0 aliphatic heterocycles. The van der Waals surface area contributed by atoms with Crippen molar-refractivity contribution in [3.8, 4) is 0 Å². The lowest BCUT2D eigenvalue weighted by Gasteiger charge is -2.00.